The minimum Gasteiger partial charge on any atom is -0.508 e. The molecular weight excluding hydrogens is 270 g/mol. The van der Waals surface area contributed by atoms with Gasteiger partial charge >= 0.3 is 11.8 Å². The van der Waals surface area contributed by atoms with E-state index >= 15 is 0 Å². The van der Waals surface area contributed by atoms with Crippen LogP contribution in [0.3, 0.4) is 0 Å². The lowest BCUT2D eigenvalue weighted by atomic mass is 9.95. The number of amides is 2. The number of rotatable bonds is 3. The molecule has 0 unspecified atom stereocenters. The maximum atomic E-state index is 11.7. The smallest absolute Gasteiger partial charge is 0.329 e. The van der Waals surface area contributed by atoms with Crippen molar-refractivity contribution in [3.63, 3.8) is 0 Å². The van der Waals surface area contributed by atoms with Crippen molar-refractivity contribution >= 4 is 18.0 Å². The third-order valence-electron chi connectivity index (χ3n) is 3.40. The molecule has 0 saturated heterocycles. The fourth-order valence-corrected chi connectivity index (χ4v) is 2.32. The number of hydrazone groups is 1. The molecule has 1 aliphatic carbocycles. The van der Waals surface area contributed by atoms with Gasteiger partial charge in [-0.3, -0.25) is 9.59 Å². The molecule has 0 radical (unpaired) electrons. The topological polar surface area (TPSA) is 90.8 Å². The van der Waals surface area contributed by atoms with Gasteiger partial charge in [-0.2, -0.15) is 5.10 Å². The minimum absolute atomic E-state index is 0.0899. The van der Waals surface area contributed by atoms with E-state index in [-0.39, 0.29) is 11.8 Å². The van der Waals surface area contributed by atoms with Gasteiger partial charge < -0.3 is 10.4 Å². The van der Waals surface area contributed by atoms with Gasteiger partial charge in [-0.15, -0.1) is 0 Å². The third-order valence-corrected chi connectivity index (χ3v) is 3.40. The summed E-state index contributed by atoms with van der Waals surface area (Å²) in [7, 11) is 0. The fraction of sp³-hybridized carbons (Fsp3) is 0.400. The lowest BCUT2D eigenvalue weighted by Gasteiger charge is -2.22. The van der Waals surface area contributed by atoms with Crippen LogP contribution in [-0.2, 0) is 9.59 Å². The Bertz CT molecular complexity index is 537. The molecule has 1 aromatic carbocycles. The van der Waals surface area contributed by atoms with Gasteiger partial charge in [0.1, 0.15) is 5.75 Å². The van der Waals surface area contributed by atoms with Crippen LogP contribution in [0.2, 0.25) is 0 Å². The molecule has 1 aromatic rings. The second kappa shape index (κ2) is 7.42. The summed E-state index contributed by atoms with van der Waals surface area (Å²) in [5.74, 6) is -1.33. The number of aromatic hydroxyl groups is 1. The Morgan fingerprint density at radius 3 is 2.67 bits per heavy atom. The Hall–Kier alpha value is -2.37. The summed E-state index contributed by atoms with van der Waals surface area (Å²) >= 11 is 0. The second-order valence-electron chi connectivity index (χ2n) is 5.10. The highest BCUT2D eigenvalue weighted by molar-refractivity contribution is 6.35. The van der Waals surface area contributed by atoms with E-state index in [1.54, 1.807) is 12.1 Å². The molecule has 112 valence electrons. The highest BCUT2D eigenvalue weighted by atomic mass is 16.3. The summed E-state index contributed by atoms with van der Waals surface area (Å²) in [6.45, 7) is 0. The minimum atomic E-state index is -0.781. The Labute approximate surface area is 123 Å². The largest absolute Gasteiger partial charge is 0.508 e. The molecule has 6 nitrogen and oxygen atoms in total. The van der Waals surface area contributed by atoms with E-state index in [1.165, 1.54) is 24.8 Å². The first-order valence-corrected chi connectivity index (χ1v) is 7.08. The molecule has 0 heterocycles. The Morgan fingerprint density at radius 1 is 1.19 bits per heavy atom. The molecule has 3 N–H and O–H groups in total. The Balaban J connectivity index is 1.79. The Morgan fingerprint density at radius 2 is 1.95 bits per heavy atom. The zero-order chi connectivity index (χ0) is 15.1. The van der Waals surface area contributed by atoms with Crippen LogP contribution < -0.4 is 10.7 Å². The molecular formula is C15H19N3O3. The van der Waals surface area contributed by atoms with E-state index in [4.69, 9.17) is 0 Å². The van der Waals surface area contributed by atoms with Crippen molar-refractivity contribution in [1.82, 2.24) is 10.7 Å². The quantitative estimate of drug-likeness (QED) is 0.445. The fourth-order valence-electron chi connectivity index (χ4n) is 2.32. The predicted octanol–water partition coefficient (Wildman–Crippen LogP) is 1.29. The summed E-state index contributed by atoms with van der Waals surface area (Å²) in [5, 5.41) is 15.7. The van der Waals surface area contributed by atoms with Crippen LogP contribution in [0.15, 0.2) is 29.4 Å². The molecule has 1 saturated carbocycles. The molecule has 2 amide bonds. The van der Waals surface area contributed by atoms with Crippen LogP contribution in [0.4, 0.5) is 0 Å². The maximum absolute atomic E-state index is 11.7. The molecule has 0 spiro atoms. The zero-order valence-corrected chi connectivity index (χ0v) is 11.7. The van der Waals surface area contributed by atoms with Crippen LogP contribution in [-0.4, -0.2) is 29.2 Å². The van der Waals surface area contributed by atoms with Crippen LogP contribution >= 0.6 is 0 Å². The maximum Gasteiger partial charge on any atom is 0.329 e. The SMILES string of the molecule is O=C(NN=Cc1cccc(O)c1)C(=O)NC1CCCCC1. The lowest BCUT2D eigenvalue weighted by Crippen LogP contribution is -2.44. The third kappa shape index (κ3) is 4.91. The summed E-state index contributed by atoms with van der Waals surface area (Å²) in [6.07, 6.45) is 6.57. The number of hydrogen-bond donors (Lipinski definition) is 3. The summed E-state index contributed by atoms with van der Waals surface area (Å²) in [4.78, 5) is 23.3. The standard InChI is InChI=1S/C15H19N3O3/c19-13-8-4-5-11(9-13)10-16-18-15(21)14(20)17-12-6-2-1-3-7-12/h4-5,8-10,12,19H,1-3,6-7H2,(H,17,20)(H,18,21). The van der Waals surface area contributed by atoms with Crippen molar-refractivity contribution in [2.75, 3.05) is 0 Å². The first-order valence-electron chi connectivity index (χ1n) is 7.08. The first-order chi connectivity index (χ1) is 10.1. The van der Waals surface area contributed by atoms with Crippen LogP contribution in [0.25, 0.3) is 0 Å². The molecule has 1 fully saturated rings. The van der Waals surface area contributed by atoms with Crippen molar-refractivity contribution in [3.05, 3.63) is 29.8 Å². The molecule has 1 aliphatic rings. The van der Waals surface area contributed by atoms with Crippen LogP contribution in [0.5, 0.6) is 5.75 Å². The van der Waals surface area contributed by atoms with Gasteiger partial charge in [0.05, 0.1) is 6.21 Å². The number of phenols is 1. The van der Waals surface area contributed by atoms with Crippen molar-refractivity contribution in [1.29, 1.82) is 0 Å². The van der Waals surface area contributed by atoms with E-state index < -0.39 is 11.8 Å². The molecule has 0 bridgehead atoms. The first kappa shape index (κ1) is 15.0. The van der Waals surface area contributed by atoms with Crippen molar-refractivity contribution in [2.45, 2.75) is 38.1 Å². The van der Waals surface area contributed by atoms with Crippen LogP contribution in [0, 0.1) is 0 Å². The van der Waals surface area contributed by atoms with Crippen molar-refractivity contribution < 1.29 is 14.7 Å². The molecule has 0 aromatic heterocycles. The molecule has 21 heavy (non-hydrogen) atoms. The molecule has 0 aliphatic heterocycles. The van der Waals surface area contributed by atoms with Gasteiger partial charge in [0.25, 0.3) is 0 Å². The number of benzene rings is 1. The van der Waals surface area contributed by atoms with Crippen molar-refractivity contribution in [2.24, 2.45) is 5.10 Å². The van der Waals surface area contributed by atoms with E-state index in [1.807, 2.05) is 0 Å². The monoisotopic (exact) mass is 289 g/mol. The van der Waals surface area contributed by atoms with Gasteiger partial charge in [-0.25, -0.2) is 5.43 Å². The lowest BCUT2D eigenvalue weighted by molar-refractivity contribution is -0.139. The Kier molecular flexibility index (Phi) is 5.31. The average Bonchev–Trinajstić information content (AvgIpc) is 2.48. The number of hydrogen-bond acceptors (Lipinski definition) is 4. The van der Waals surface area contributed by atoms with Crippen LogP contribution in [0.1, 0.15) is 37.7 Å². The van der Waals surface area contributed by atoms with Gasteiger partial charge in [-0.1, -0.05) is 31.4 Å². The number of carbonyl (C=O) groups is 2. The second-order valence-corrected chi connectivity index (χ2v) is 5.10. The number of nitrogens with zero attached hydrogens (tertiary/aromatic N) is 1. The molecule has 2 rings (SSSR count). The zero-order valence-electron chi connectivity index (χ0n) is 11.7. The van der Waals surface area contributed by atoms with Gasteiger partial charge in [0.2, 0.25) is 0 Å². The highest BCUT2D eigenvalue weighted by Crippen LogP contribution is 2.17. The normalized spacial score (nSPS) is 15.8. The number of carbonyl (C=O) groups excluding carboxylic acids is 2. The number of phenolic OH excluding ortho intramolecular Hbond substituents is 1. The van der Waals surface area contributed by atoms with Gasteiger partial charge in [0, 0.05) is 6.04 Å². The van der Waals surface area contributed by atoms with Gasteiger partial charge in [-0.05, 0) is 30.5 Å². The summed E-state index contributed by atoms with van der Waals surface area (Å²) in [6, 6.07) is 6.50. The van der Waals surface area contributed by atoms with Crippen molar-refractivity contribution in [3.8, 4) is 5.75 Å². The summed E-state index contributed by atoms with van der Waals surface area (Å²) < 4.78 is 0. The van der Waals surface area contributed by atoms with E-state index in [0.717, 1.165) is 25.7 Å². The predicted molar refractivity (Wildman–Crippen MR) is 78.9 cm³/mol. The summed E-state index contributed by atoms with van der Waals surface area (Å²) in [5.41, 5.74) is 2.80. The van der Waals surface area contributed by atoms with E-state index in [2.05, 4.69) is 15.8 Å². The van der Waals surface area contributed by atoms with E-state index in [0.29, 0.717) is 5.56 Å². The van der Waals surface area contributed by atoms with E-state index in [9.17, 15) is 14.7 Å². The highest BCUT2D eigenvalue weighted by Gasteiger charge is 2.19. The molecule has 0 atom stereocenters. The number of nitrogens with one attached hydrogen (secondary N) is 2. The molecule has 6 heteroatoms. The van der Waals surface area contributed by atoms with Gasteiger partial charge in [0.15, 0.2) is 0 Å². The average molecular weight is 289 g/mol.